The molecule has 5 nitrogen and oxygen atoms in total. The second-order valence-corrected chi connectivity index (χ2v) is 7.58. The van der Waals surface area contributed by atoms with Crippen molar-refractivity contribution in [2.75, 3.05) is 4.72 Å². The highest BCUT2D eigenvalue weighted by Gasteiger charge is 2.14. The summed E-state index contributed by atoms with van der Waals surface area (Å²) < 4.78 is 42.1. The molecule has 0 fully saturated rings. The van der Waals surface area contributed by atoms with Crippen LogP contribution >= 0.6 is 11.6 Å². The third-order valence-electron chi connectivity index (χ3n) is 3.48. The van der Waals surface area contributed by atoms with Crippen LogP contribution in [-0.2, 0) is 22.3 Å². The number of nitrogens with zero attached hydrogens (tertiary/aromatic N) is 2. The summed E-state index contributed by atoms with van der Waals surface area (Å²) in [5, 5.41) is 4.41. The van der Waals surface area contributed by atoms with E-state index < -0.39 is 15.8 Å². The van der Waals surface area contributed by atoms with Crippen molar-refractivity contribution in [2.45, 2.75) is 12.3 Å². The Morgan fingerprint density at radius 1 is 1.08 bits per heavy atom. The van der Waals surface area contributed by atoms with E-state index in [1.165, 1.54) is 22.9 Å². The molecule has 0 aliphatic rings. The summed E-state index contributed by atoms with van der Waals surface area (Å²) in [7, 11) is -3.59. The number of anilines is 1. The van der Waals surface area contributed by atoms with Crippen LogP contribution < -0.4 is 4.72 Å². The van der Waals surface area contributed by atoms with Gasteiger partial charge in [0.05, 0.1) is 12.3 Å². The molecule has 0 unspecified atom stereocenters. The lowest BCUT2D eigenvalue weighted by Crippen LogP contribution is -2.15. The normalized spacial score (nSPS) is 11.4. The molecule has 3 aromatic rings. The first-order valence-corrected chi connectivity index (χ1v) is 9.47. The second-order valence-electron chi connectivity index (χ2n) is 5.45. The van der Waals surface area contributed by atoms with Gasteiger partial charge in [-0.3, -0.25) is 9.40 Å². The van der Waals surface area contributed by atoms with Crippen molar-refractivity contribution >= 4 is 27.4 Å². The summed E-state index contributed by atoms with van der Waals surface area (Å²) in [6.45, 7) is 0.103. The van der Waals surface area contributed by atoms with Gasteiger partial charge in [-0.25, -0.2) is 12.8 Å². The van der Waals surface area contributed by atoms with E-state index in [4.69, 9.17) is 11.6 Å². The number of aromatic nitrogens is 2. The molecule has 0 amide bonds. The number of rotatable bonds is 6. The Morgan fingerprint density at radius 2 is 1.84 bits per heavy atom. The predicted octanol–water partition coefficient (Wildman–Crippen LogP) is 3.67. The fourth-order valence-electron chi connectivity index (χ4n) is 2.34. The largest absolute Gasteiger partial charge is 0.266 e. The molecule has 0 radical (unpaired) electrons. The third-order valence-corrected chi connectivity index (χ3v) is 5.07. The lowest BCUT2D eigenvalue weighted by atomic mass is 10.2. The summed E-state index contributed by atoms with van der Waals surface area (Å²) >= 11 is 5.99. The standard InChI is InChI=1S/C17H15ClFN3O2S/c18-15-7-4-8-16(19)14(15)11-22-10-9-17(20-22)21-25(23,24)12-13-5-2-1-3-6-13/h1-10H,11-12H2,(H,20,21). The molecule has 3 rings (SSSR count). The number of halogens is 2. The lowest BCUT2D eigenvalue weighted by Gasteiger charge is -2.07. The van der Waals surface area contributed by atoms with Crippen LogP contribution in [0.3, 0.4) is 0 Å². The van der Waals surface area contributed by atoms with Gasteiger partial charge < -0.3 is 0 Å². The van der Waals surface area contributed by atoms with Gasteiger partial charge in [0, 0.05) is 22.8 Å². The van der Waals surface area contributed by atoms with Crippen molar-refractivity contribution in [3.63, 3.8) is 0 Å². The summed E-state index contributed by atoms with van der Waals surface area (Å²) in [5.41, 5.74) is 0.971. The maximum absolute atomic E-state index is 13.8. The zero-order valence-electron chi connectivity index (χ0n) is 13.1. The second kappa shape index (κ2) is 7.25. The zero-order chi connectivity index (χ0) is 17.9. The molecule has 0 aliphatic heterocycles. The summed E-state index contributed by atoms with van der Waals surface area (Å²) in [4.78, 5) is 0. The first-order chi connectivity index (χ1) is 11.9. The van der Waals surface area contributed by atoms with Gasteiger partial charge in [-0.2, -0.15) is 5.10 Å². The Morgan fingerprint density at radius 3 is 2.56 bits per heavy atom. The van der Waals surface area contributed by atoms with E-state index in [9.17, 15) is 12.8 Å². The molecule has 0 aliphatic carbocycles. The van der Waals surface area contributed by atoms with Crippen molar-refractivity contribution in [2.24, 2.45) is 0 Å². The number of hydrogen-bond donors (Lipinski definition) is 1. The van der Waals surface area contributed by atoms with Gasteiger partial charge in [0.25, 0.3) is 0 Å². The maximum atomic E-state index is 13.8. The Kier molecular flexibility index (Phi) is 5.06. The van der Waals surface area contributed by atoms with Gasteiger partial charge in [0.1, 0.15) is 5.82 Å². The van der Waals surface area contributed by atoms with Crippen LogP contribution in [0.4, 0.5) is 10.2 Å². The van der Waals surface area contributed by atoms with Crippen LogP contribution in [0.1, 0.15) is 11.1 Å². The fraction of sp³-hybridized carbons (Fsp3) is 0.118. The number of sulfonamides is 1. The highest BCUT2D eigenvalue weighted by molar-refractivity contribution is 7.91. The van der Waals surface area contributed by atoms with Crippen LogP contribution in [0.25, 0.3) is 0 Å². The van der Waals surface area contributed by atoms with Crippen LogP contribution in [0.5, 0.6) is 0 Å². The van der Waals surface area contributed by atoms with E-state index in [2.05, 4.69) is 9.82 Å². The van der Waals surface area contributed by atoms with Gasteiger partial charge in [-0.05, 0) is 17.7 Å². The van der Waals surface area contributed by atoms with Gasteiger partial charge in [0.2, 0.25) is 10.0 Å². The number of hydrogen-bond acceptors (Lipinski definition) is 3. The topological polar surface area (TPSA) is 64.0 Å². The third kappa shape index (κ3) is 4.58. The highest BCUT2D eigenvalue weighted by Crippen LogP contribution is 2.20. The summed E-state index contributed by atoms with van der Waals surface area (Å²) in [6, 6.07) is 14.8. The molecule has 2 aromatic carbocycles. The first kappa shape index (κ1) is 17.4. The fourth-order valence-corrected chi connectivity index (χ4v) is 3.69. The molecular weight excluding hydrogens is 365 g/mol. The van der Waals surface area contributed by atoms with E-state index in [1.807, 2.05) is 6.07 Å². The molecule has 1 aromatic heterocycles. The summed E-state index contributed by atoms with van der Waals surface area (Å²) in [6.07, 6.45) is 1.56. The minimum atomic E-state index is -3.59. The van der Waals surface area contributed by atoms with Crippen LogP contribution in [0.2, 0.25) is 5.02 Å². The van der Waals surface area contributed by atoms with Gasteiger partial charge in [-0.1, -0.05) is 48.0 Å². The molecule has 25 heavy (non-hydrogen) atoms. The minimum Gasteiger partial charge on any atom is -0.266 e. The van der Waals surface area contributed by atoms with Crippen molar-refractivity contribution in [1.29, 1.82) is 0 Å². The Labute approximate surface area is 150 Å². The van der Waals surface area contributed by atoms with Crippen LogP contribution in [-0.4, -0.2) is 18.2 Å². The SMILES string of the molecule is O=S(=O)(Cc1ccccc1)Nc1ccn(Cc2c(F)cccc2Cl)n1. The van der Waals surface area contributed by atoms with E-state index in [1.54, 1.807) is 36.5 Å². The van der Waals surface area contributed by atoms with Gasteiger partial charge in [0.15, 0.2) is 5.82 Å². The van der Waals surface area contributed by atoms with E-state index in [-0.39, 0.29) is 18.1 Å². The first-order valence-electron chi connectivity index (χ1n) is 7.44. The van der Waals surface area contributed by atoms with Gasteiger partial charge >= 0.3 is 0 Å². The Balaban J connectivity index is 1.71. The molecule has 130 valence electrons. The average molecular weight is 380 g/mol. The van der Waals surface area contributed by atoms with Crippen LogP contribution in [0, 0.1) is 5.82 Å². The molecular formula is C17H15ClFN3O2S. The van der Waals surface area contributed by atoms with Crippen molar-refractivity contribution in [3.05, 3.63) is 82.8 Å². The minimum absolute atomic E-state index is 0.103. The Bertz CT molecular complexity index is 954. The maximum Gasteiger partial charge on any atom is 0.238 e. The van der Waals surface area contributed by atoms with E-state index in [0.717, 1.165) is 0 Å². The van der Waals surface area contributed by atoms with Crippen LogP contribution in [0.15, 0.2) is 60.8 Å². The van der Waals surface area contributed by atoms with Gasteiger partial charge in [-0.15, -0.1) is 0 Å². The lowest BCUT2D eigenvalue weighted by molar-refractivity contribution is 0.585. The summed E-state index contributed by atoms with van der Waals surface area (Å²) in [5.74, 6) is -0.419. The van der Waals surface area contributed by atoms with Crippen molar-refractivity contribution in [3.8, 4) is 0 Å². The quantitative estimate of drug-likeness (QED) is 0.710. The zero-order valence-corrected chi connectivity index (χ0v) is 14.6. The molecule has 1 heterocycles. The van der Waals surface area contributed by atoms with Crippen molar-refractivity contribution in [1.82, 2.24) is 9.78 Å². The molecule has 0 bridgehead atoms. The smallest absolute Gasteiger partial charge is 0.238 e. The molecule has 0 spiro atoms. The highest BCUT2D eigenvalue weighted by atomic mass is 35.5. The van der Waals surface area contributed by atoms with E-state index in [0.29, 0.717) is 16.1 Å². The van der Waals surface area contributed by atoms with E-state index >= 15 is 0 Å². The molecule has 8 heteroatoms. The molecule has 1 N–H and O–H groups in total. The molecule has 0 atom stereocenters. The monoisotopic (exact) mass is 379 g/mol. The predicted molar refractivity (Wildman–Crippen MR) is 95.4 cm³/mol. The molecule has 0 saturated carbocycles. The number of benzene rings is 2. The molecule has 0 saturated heterocycles. The average Bonchev–Trinajstić information content (AvgIpc) is 2.98. The number of nitrogens with one attached hydrogen (secondary N) is 1. The Hall–Kier alpha value is -2.38. The van der Waals surface area contributed by atoms with Crippen molar-refractivity contribution < 1.29 is 12.8 Å².